The third-order valence-electron chi connectivity index (χ3n) is 16.0. The fourth-order valence-electron chi connectivity index (χ4n) is 10.9. The quantitative estimate of drug-likeness (QED) is 0.0244. The summed E-state index contributed by atoms with van der Waals surface area (Å²) in [6.07, 6.45) is 66.6. The van der Waals surface area contributed by atoms with Crippen molar-refractivity contribution in [2.45, 2.75) is 344 Å². The standard InChI is InChI=1S/C72H123O3S.F6P/c1-4-7-10-13-16-19-22-25-28-31-34-37-40-43-46-49-64-73-67-52-58-70(59-53-67)76(71-60-54-68(55-61-71)74-65-50-47-44-41-38-35-32-29-26-23-20-17-14-11-8-5-2)72-62-56-69(57-63-72)75-66-51-48-45-42-39-36-33-30-27-24-21-18-15-12-9-6-3;1-7(2,3,4,5)6/h52-63H,4-51,64-66H2,1-3H3;/q+1;-1. The summed E-state index contributed by atoms with van der Waals surface area (Å²) in [5.74, 6) is 2.93. The number of unbranched alkanes of at least 4 members (excludes halogenated alkanes) is 45. The van der Waals surface area contributed by atoms with Crippen molar-refractivity contribution in [2.75, 3.05) is 19.8 Å². The molecule has 3 aromatic rings. The van der Waals surface area contributed by atoms with Gasteiger partial charge in [-0.25, -0.2) is 0 Å². The Bertz CT molecular complexity index is 1660. The molecule has 3 rings (SSSR count). The molecule has 0 heterocycles. The van der Waals surface area contributed by atoms with E-state index in [9.17, 15) is 25.2 Å². The maximum atomic E-state index is 9.87. The van der Waals surface area contributed by atoms with Crippen LogP contribution in [-0.4, -0.2) is 19.8 Å². The second-order valence-corrected chi connectivity index (χ2v) is 28.1. The van der Waals surface area contributed by atoms with E-state index in [1.54, 1.807) is 0 Å². The van der Waals surface area contributed by atoms with Gasteiger partial charge in [0.05, 0.1) is 30.7 Å². The van der Waals surface area contributed by atoms with Gasteiger partial charge in [-0.2, -0.15) is 0 Å². The van der Waals surface area contributed by atoms with E-state index in [0.717, 1.165) is 56.3 Å². The molecule has 0 fully saturated rings. The third kappa shape index (κ3) is 51.2. The molecule has 0 aliphatic heterocycles. The molecule has 11 heteroatoms. The van der Waals surface area contributed by atoms with Gasteiger partial charge in [0.2, 0.25) is 0 Å². The zero-order valence-electron chi connectivity index (χ0n) is 53.3. The molecule has 3 aromatic carbocycles. The van der Waals surface area contributed by atoms with Crippen LogP contribution in [0.25, 0.3) is 0 Å². The van der Waals surface area contributed by atoms with Gasteiger partial charge in [0.15, 0.2) is 14.7 Å². The average molecular weight is 1210 g/mol. The summed E-state index contributed by atoms with van der Waals surface area (Å²) in [5.41, 5.74) is 0. The first-order valence-corrected chi connectivity index (χ1v) is 37.9. The molecule has 83 heavy (non-hydrogen) atoms. The monoisotopic (exact) mass is 1210 g/mol. The average Bonchev–Trinajstić information content (AvgIpc) is 3.67. The zero-order valence-corrected chi connectivity index (χ0v) is 55.0. The summed E-state index contributed by atoms with van der Waals surface area (Å²) in [6.45, 7) is 9.31. The van der Waals surface area contributed by atoms with Gasteiger partial charge in [0.25, 0.3) is 0 Å². The first kappa shape index (κ1) is 76.5. The van der Waals surface area contributed by atoms with Gasteiger partial charge in [0, 0.05) is 0 Å². The number of hydrogen-bond donors (Lipinski definition) is 0. The summed E-state index contributed by atoms with van der Waals surface area (Å²) < 4.78 is 78.1. The number of halogens is 6. The van der Waals surface area contributed by atoms with Crippen LogP contribution in [0.4, 0.5) is 25.2 Å². The molecule has 0 unspecified atom stereocenters. The Kier molecular flexibility index (Phi) is 45.6. The topological polar surface area (TPSA) is 27.7 Å². The summed E-state index contributed by atoms with van der Waals surface area (Å²) in [4.78, 5) is 3.91. The van der Waals surface area contributed by atoms with Gasteiger partial charge in [-0.05, 0) is 92.1 Å². The van der Waals surface area contributed by atoms with Crippen LogP contribution in [0.5, 0.6) is 17.2 Å². The summed E-state index contributed by atoms with van der Waals surface area (Å²) in [7, 11) is -10.9. The summed E-state index contributed by atoms with van der Waals surface area (Å²) in [5, 5.41) is 0. The van der Waals surface area contributed by atoms with Crippen LogP contribution in [0.3, 0.4) is 0 Å². The minimum absolute atomic E-state index is 0.261. The van der Waals surface area contributed by atoms with E-state index in [-0.39, 0.29) is 10.9 Å². The third-order valence-corrected chi connectivity index (χ3v) is 18.2. The molecular weight excluding hydrogens is 1090 g/mol. The van der Waals surface area contributed by atoms with Gasteiger partial charge in [-0.3, -0.25) is 0 Å². The SMILES string of the molecule is CCCCCCCCCCCCCCCCCCOc1ccc([S+](c2ccc(OCCCCCCCCCCCCCCCCCC)cc2)c2ccc(OCCCCCCCCCCCCCCCCCC)cc2)cc1.F[P-](F)(F)(F)(F)F. The molecule has 0 N–H and O–H groups in total. The Morgan fingerprint density at radius 1 is 0.229 bits per heavy atom. The van der Waals surface area contributed by atoms with Crippen LogP contribution in [0.2, 0.25) is 0 Å². The second-order valence-electron chi connectivity index (χ2n) is 24.1. The molecule has 0 bridgehead atoms. The van der Waals surface area contributed by atoms with Gasteiger partial charge >= 0.3 is 33.0 Å². The first-order chi connectivity index (χ1) is 40.2. The number of ether oxygens (including phenoxy) is 3. The van der Waals surface area contributed by atoms with Gasteiger partial charge in [0.1, 0.15) is 17.2 Å². The number of benzene rings is 3. The molecular formula is C72H123F6O3PS. The molecule has 3 nitrogen and oxygen atoms in total. The van der Waals surface area contributed by atoms with E-state index in [0.29, 0.717) is 0 Å². The Morgan fingerprint density at radius 2 is 0.361 bits per heavy atom. The molecule has 0 atom stereocenters. The van der Waals surface area contributed by atoms with Crippen LogP contribution in [0, 0.1) is 0 Å². The minimum atomic E-state index is -10.7. The molecule has 0 amide bonds. The van der Waals surface area contributed by atoms with E-state index in [1.165, 1.54) is 304 Å². The van der Waals surface area contributed by atoms with Crippen molar-refractivity contribution in [3.63, 3.8) is 0 Å². The van der Waals surface area contributed by atoms with Crippen molar-refractivity contribution in [1.29, 1.82) is 0 Å². The summed E-state index contributed by atoms with van der Waals surface area (Å²) in [6, 6.07) is 26.8. The molecule has 0 aliphatic carbocycles. The Labute approximate surface area is 509 Å². The number of hydrogen-bond acceptors (Lipinski definition) is 3. The van der Waals surface area contributed by atoms with E-state index < -0.39 is 7.81 Å². The molecule has 0 aliphatic rings. The maximum absolute atomic E-state index is 10.7. The van der Waals surface area contributed by atoms with Crippen molar-refractivity contribution in [2.24, 2.45) is 0 Å². The molecule has 0 saturated heterocycles. The van der Waals surface area contributed by atoms with Crippen LogP contribution < -0.4 is 14.2 Å². The van der Waals surface area contributed by atoms with Crippen molar-refractivity contribution in [3.05, 3.63) is 72.8 Å². The first-order valence-electron chi connectivity index (χ1n) is 34.7. The molecule has 0 radical (unpaired) electrons. The van der Waals surface area contributed by atoms with E-state index >= 15 is 0 Å². The predicted octanol–water partition coefficient (Wildman–Crippen LogP) is 28.1. The fourth-order valence-corrected chi connectivity index (χ4v) is 13.0. The van der Waals surface area contributed by atoms with Crippen LogP contribution >= 0.6 is 7.81 Å². The van der Waals surface area contributed by atoms with Crippen LogP contribution in [0.15, 0.2) is 87.5 Å². The van der Waals surface area contributed by atoms with E-state index in [4.69, 9.17) is 14.2 Å². The Balaban J connectivity index is 0.00000314. The molecule has 482 valence electrons. The van der Waals surface area contributed by atoms with Crippen LogP contribution in [-0.2, 0) is 10.9 Å². The molecule has 0 saturated carbocycles. The fraction of sp³-hybridized carbons (Fsp3) is 0.750. The van der Waals surface area contributed by atoms with Gasteiger partial charge < -0.3 is 14.2 Å². The van der Waals surface area contributed by atoms with Gasteiger partial charge in [-0.1, -0.05) is 310 Å². The van der Waals surface area contributed by atoms with E-state index in [1.807, 2.05) is 0 Å². The van der Waals surface area contributed by atoms with Crippen molar-refractivity contribution in [1.82, 2.24) is 0 Å². The normalized spacial score (nSPS) is 12.5. The van der Waals surface area contributed by atoms with E-state index in [2.05, 4.69) is 93.6 Å². The summed E-state index contributed by atoms with van der Waals surface area (Å²) >= 11 is 0. The number of rotatable bonds is 57. The molecule has 0 aromatic heterocycles. The van der Waals surface area contributed by atoms with Crippen molar-refractivity contribution < 1.29 is 39.4 Å². The van der Waals surface area contributed by atoms with Crippen molar-refractivity contribution >= 4 is 18.7 Å². The van der Waals surface area contributed by atoms with Crippen molar-refractivity contribution in [3.8, 4) is 17.2 Å². The zero-order chi connectivity index (χ0) is 60.1. The molecule has 0 spiro atoms. The Morgan fingerprint density at radius 3 is 0.506 bits per heavy atom. The predicted molar refractivity (Wildman–Crippen MR) is 350 cm³/mol. The van der Waals surface area contributed by atoms with Gasteiger partial charge in [-0.15, -0.1) is 0 Å². The van der Waals surface area contributed by atoms with Crippen LogP contribution in [0.1, 0.15) is 329 Å². The second kappa shape index (κ2) is 49.4. The Hall–Kier alpha value is -2.58.